The summed E-state index contributed by atoms with van der Waals surface area (Å²) in [5.74, 6) is -2.43. The SMILES string of the molecule is NC(=O)c1c(NC(=O)COC(=O)c2ccccc2NC(=O)c2ccco2)sc2c1CCCC2. The van der Waals surface area contributed by atoms with Gasteiger partial charge in [-0.15, -0.1) is 11.3 Å². The van der Waals surface area contributed by atoms with Crippen LogP contribution in [-0.2, 0) is 22.4 Å². The van der Waals surface area contributed by atoms with Crippen molar-refractivity contribution in [3.63, 3.8) is 0 Å². The first-order valence-corrected chi connectivity index (χ1v) is 11.1. The quantitative estimate of drug-likeness (QED) is 0.455. The third kappa shape index (κ3) is 4.96. The van der Waals surface area contributed by atoms with Crippen LogP contribution in [0.4, 0.5) is 10.7 Å². The van der Waals surface area contributed by atoms with Gasteiger partial charge in [0.2, 0.25) is 0 Å². The zero-order valence-electron chi connectivity index (χ0n) is 17.5. The number of benzene rings is 1. The normalized spacial score (nSPS) is 12.5. The van der Waals surface area contributed by atoms with Crippen molar-refractivity contribution >= 4 is 45.7 Å². The zero-order valence-corrected chi connectivity index (χ0v) is 18.3. The minimum atomic E-state index is -0.791. The van der Waals surface area contributed by atoms with Gasteiger partial charge in [-0.05, 0) is 55.5 Å². The number of rotatable bonds is 7. The van der Waals surface area contributed by atoms with Crippen LogP contribution in [0, 0.1) is 0 Å². The van der Waals surface area contributed by atoms with E-state index >= 15 is 0 Å². The molecule has 0 spiro atoms. The van der Waals surface area contributed by atoms with Gasteiger partial charge >= 0.3 is 5.97 Å². The number of anilines is 2. The smallest absolute Gasteiger partial charge is 0.340 e. The van der Waals surface area contributed by atoms with E-state index in [0.717, 1.165) is 36.1 Å². The molecule has 0 radical (unpaired) electrons. The summed E-state index contributed by atoms with van der Waals surface area (Å²) in [6.45, 7) is -0.569. The molecule has 10 heteroatoms. The topological polar surface area (TPSA) is 141 Å². The van der Waals surface area contributed by atoms with Crippen molar-refractivity contribution in [2.45, 2.75) is 25.7 Å². The number of ether oxygens (including phenoxy) is 1. The third-order valence-corrected chi connectivity index (χ3v) is 6.35. The highest BCUT2D eigenvalue weighted by Crippen LogP contribution is 2.37. The van der Waals surface area contributed by atoms with Crippen molar-refractivity contribution in [1.82, 2.24) is 0 Å². The first-order chi connectivity index (χ1) is 15.9. The number of thiophene rings is 1. The fourth-order valence-corrected chi connectivity index (χ4v) is 4.96. The third-order valence-electron chi connectivity index (χ3n) is 5.15. The molecule has 0 atom stereocenters. The maximum absolute atomic E-state index is 12.6. The number of hydrogen-bond donors (Lipinski definition) is 3. The lowest BCUT2D eigenvalue weighted by atomic mass is 9.95. The maximum Gasteiger partial charge on any atom is 0.340 e. The van der Waals surface area contributed by atoms with E-state index in [9.17, 15) is 19.2 Å². The van der Waals surface area contributed by atoms with E-state index in [1.807, 2.05) is 0 Å². The number of para-hydroxylation sites is 1. The van der Waals surface area contributed by atoms with Crippen LogP contribution in [0.1, 0.15) is 54.6 Å². The fraction of sp³-hybridized carbons (Fsp3) is 0.217. The van der Waals surface area contributed by atoms with Gasteiger partial charge in [0.25, 0.3) is 17.7 Å². The van der Waals surface area contributed by atoms with Crippen molar-refractivity contribution < 1.29 is 28.3 Å². The predicted octanol–water partition coefficient (Wildman–Crippen LogP) is 3.37. The van der Waals surface area contributed by atoms with Crippen LogP contribution in [0.3, 0.4) is 0 Å². The molecule has 0 aliphatic heterocycles. The Morgan fingerprint density at radius 1 is 1.03 bits per heavy atom. The minimum absolute atomic E-state index is 0.0784. The molecule has 4 N–H and O–H groups in total. The highest BCUT2D eigenvalue weighted by Gasteiger charge is 2.25. The summed E-state index contributed by atoms with van der Waals surface area (Å²) < 4.78 is 10.2. The van der Waals surface area contributed by atoms with Gasteiger partial charge in [-0.3, -0.25) is 14.4 Å². The molecule has 3 amide bonds. The molecule has 1 aliphatic rings. The highest BCUT2D eigenvalue weighted by molar-refractivity contribution is 7.17. The van der Waals surface area contributed by atoms with Crippen LogP contribution in [-0.4, -0.2) is 30.3 Å². The van der Waals surface area contributed by atoms with E-state index in [2.05, 4.69) is 10.6 Å². The van der Waals surface area contributed by atoms with E-state index in [1.165, 1.54) is 35.8 Å². The summed E-state index contributed by atoms with van der Waals surface area (Å²) in [6, 6.07) is 9.31. The van der Waals surface area contributed by atoms with Gasteiger partial charge in [0, 0.05) is 4.88 Å². The molecule has 0 saturated heterocycles. The molecule has 170 valence electrons. The Labute approximate surface area is 192 Å². The van der Waals surface area contributed by atoms with Gasteiger partial charge < -0.3 is 25.5 Å². The second-order valence-corrected chi connectivity index (χ2v) is 8.49. The maximum atomic E-state index is 12.6. The second-order valence-electron chi connectivity index (χ2n) is 7.38. The number of amides is 3. The van der Waals surface area contributed by atoms with Gasteiger partial charge in [-0.2, -0.15) is 0 Å². The number of nitrogens with two attached hydrogens (primary N) is 1. The molecule has 4 rings (SSSR count). The summed E-state index contributed by atoms with van der Waals surface area (Å²) >= 11 is 1.33. The number of carbonyl (C=O) groups excluding carboxylic acids is 4. The molecule has 0 bridgehead atoms. The predicted molar refractivity (Wildman–Crippen MR) is 121 cm³/mol. The van der Waals surface area contributed by atoms with Gasteiger partial charge in [-0.25, -0.2) is 4.79 Å². The number of nitrogens with one attached hydrogen (secondary N) is 2. The Balaban J connectivity index is 1.41. The van der Waals surface area contributed by atoms with E-state index in [4.69, 9.17) is 14.9 Å². The molecule has 0 unspecified atom stereocenters. The monoisotopic (exact) mass is 467 g/mol. The number of aryl methyl sites for hydroxylation is 1. The van der Waals surface area contributed by atoms with E-state index < -0.39 is 30.3 Å². The second kappa shape index (κ2) is 9.70. The van der Waals surface area contributed by atoms with E-state index in [1.54, 1.807) is 18.2 Å². The van der Waals surface area contributed by atoms with Crippen molar-refractivity contribution in [3.8, 4) is 0 Å². The molecule has 2 aromatic heterocycles. The van der Waals surface area contributed by atoms with Gasteiger partial charge in [0.1, 0.15) is 5.00 Å². The molecular weight excluding hydrogens is 446 g/mol. The lowest BCUT2D eigenvalue weighted by Gasteiger charge is -2.11. The Hall–Kier alpha value is -3.92. The standard InChI is InChI=1S/C23H21N3O6S/c24-20(28)19-14-7-2-4-10-17(14)33-22(19)26-18(27)12-32-23(30)13-6-1-3-8-15(13)25-21(29)16-9-5-11-31-16/h1,3,5-6,8-9,11H,2,4,7,10,12H2,(H2,24,28)(H,25,29)(H,26,27). The number of esters is 1. The molecule has 2 heterocycles. The van der Waals surface area contributed by atoms with Gasteiger partial charge in [-0.1, -0.05) is 12.1 Å². The van der Waals surface area contributed by atoms with Crippen LogP contribution >= 0.6 is 11.3 Å². The summed E-state index contributed by atoms with van der Waals surface area (Å²) in [4.78, 5) is 50.2. The molecular formula is C23H21N3O6S. The summed E-state index contributed by atoms with van der Waals surface area (Å²) in [7, 11) is 0. The number of carbonyl (C=O) groups is 4. The number of fused-ring (bicyclic) bond motifs is 1. The Kier molecular flexibility index (Phi) is 6.55. The average molecular weight is 468 g/mol. The number of furan rings is 1. The Bertz CT molecular complexity index is 1220. The Morgan fingerprint density at radius 3 is 2.58 bits per heavy atom. The first kappa shape index (κ1) is 22.3. The van der Waals surface area contributed by atoms with Crippen molar-refractivity contribution in [3.05, 3.63) is 70.0 Å². The van der Waals surface area contributed by atoms with Gasteiger partial charge in [0.15, 0.2) is 12.4 Å². The van der Waals surface area contributed by atoms with Crippen molar-refractivity contribution in [2.24, 2.45) is 5.73 Å². The summed E-state index contributed by atoms with van der Waals surface area (Å²) in [5, 5.41) is 5.60. The molecule has 33 heavy (non-hydrogen) atoms. The largest absolute Gasteiger partial charge is 0.459 e. The molecule has 9 nitrogen and oxygen atoms in total. The van der Waals surface area contributed by atoms with E-state index in [-0.39, 0.29) is 17.0 Å². The minimum Gasteiger partial charge on any atom is -0.459 e. The van der Waals surface area contributed by atoms with Gasteiger partial charge in [0.05, 0.1) is 23.1 Å². The fourth-order valence-electron chi connectivity index (χ4n) is 3.65. The van der Waals surface area contributed by atoms with Crippen LogP contribution < -0.4 is 16.4 Å². The molecule has 0 fully saturated rings. The molecule has 1 aromatic carbocycles. The van der Waals surface area contributed by atoms with Crippen LogP contribution in [0.25, 0.3) is 0 Å². The summed E-state index contributed by atoms with van der Waals surface area (Å²) in [6.07, 6.45) is 4.93. The van der Waals surface area contributed by atoms with Crippen LogP contribution in [0.15, 0.2) is 47.1 Å². The first-order valence-electron chi connectivity index (χ1n) is 10.3. The lowest BCUT2D eigenvalue weighted by molar-refractivity contribution is -0.119. The van der Waals surface area contributed by atoms with E-state index in [0.29, 0.717) is 10.6 Å². The molecule has 3 aromatic rings. The number of primary amides is 1. The molecule has 1 aliphatic carbocycles. The Morgan fingerprint density at radius 2 is 1.82 bits per heavy atom. The molecule has 0 saturated carbocycles. The van der Waals surface area contributed by atoms with Crippen LogP contribution in [0.2, 0.25) is 0 Å². The summed E-state index contributed by atoms with van der Waals surface area (Å²) in [5.41, 5.74) is 7.06. The lowest BCUT2D eigenvalue weighted by Crippen LogP contribution is -2.23. The zero-order chi connectivity index (χ0) is 23.4. The van der Waals surface area contributed by atoms with Crippen molar-refractivity contribution in [1.29, 1.82) is 0 Å². The highest BCUT2D eigenvalue weighted by atomic mass is 32.1. The van der Waals surface area contributed by atoms with Crippen molar-refractivity contribution in [2.75, 3.05) is 17.2 Å². The average Bonchev–Trinajstić information content (AvgIpc) is 3.45. The number of hydrogen-bond acceptors (Lipinski definition) is 7. The van der Waals surface area contributed by atoms with Crippen LogP contribution in [0.5, 0.6) is 0 Å².